The first-order chi connectivity index (χ1) is 8.62. The van der Waals surface area contributed by atoms with Gasteiger partial charge in [-0.15, -0.1) is 0 Å². The van der Waals surface area contributed by atoms with Crippen LogP contribution in [0.5, 0.6) is 0 Å². The summed E-state index contributed by atoms with van der Waals surface area (Å²) in [6.07, 6.45) is -4.41. The fourth-order valence-electron chi connectivity index (χ4n) is 1.62. The number of benzene rings is 1. The van der Waals surface area contributed by atoms with E-state index in [4.69, 9.17) is 5.11 Å². The summed E-state index contributed by atoms with van der Waals surface area (Å²) in [6.45, 7) is 4.50. The van der Waals surface area contributed by atoms with Crippen LogP contribution in [0.4, 0.5) is 18.9 Å². The zero-order chi connectivity index (χ0) is 14.8. The van der Waals surface area contributed by atoms with Crippen LogP contribution in [-0.2, 0) is 11.0 Å². The monoisotopic (exact) mass is 275 g/mol. The molecule has 0 aromatic heterocycles. The third-order valence-electron chi connectivity index (χ3n) is 3.08. The lowest BCUT2D eigenvalue weighted by atomic mass is 10.0. The third kappa shape index (κ3) is 3.87. The van der Waals surface area contributed by atoms with E-state index < -0.39 is 29.7 Å². The van der Waals surface area contributed by atoms with Crippen LogP contribution in [0.25, 0.3) is 0 Å². The second kappa shape index (κ2) is 5.50. The molecule has 19 heavy (non-hydrogen) atoms. The van der Waals surface area contributed by atoms with Crippen LogP contribution in [0.2, 0.25) is 0 Å². The topological polar surface area (TPSA) is 49.3 Å². The number of aliphatic carboxylic acids is 1. The number of anilines is 1. The number of hydrogen-bond acceptors (Lipinski definition) is 2. The Morgan fingerprint density at radius 3 is 2.37 bits per heavy atom. The van der Waals surface area contributed by atoms with Gasteiger partial charge in [-0.1, -0.05) is 6.07 Å². The van der Waals surface area contributed by atoms with Crippen molar-refractivity contribution in [3.05, 3.63) is 29.3 Å². The van der Waals surface area contributed by atoms with Gasteiger partial charge in [-0.2, -0.15) is 13.2 Å². The Labute approximate surface area is 109 Å². The van der Waals surface area contributed by atoms with Gasteiger partial charge in [-0.3, -0.25) is 4.79 Å². The lowest BCUT2D eigenvalue weighted by molar-refractivity contribution is -0.141. The van der Waals surface area contributed by atoms with E-state index in [1.807, 2.05) is 0 Å². The summed E-state index contributed by atoms with van der Waals surface area (Å²) >= 11 is 0. The molecule has 3 nitrogen and oxygen atoms in total. The van der Waals surface area contributed by atoms with Gasteiger partial charge in [0.1, 0.15) is 0 Å². The number of hydrogen-bond donors (Lipinski definition) is 2. The Balaban J connectivity index is 2.95. The van der Waals surface area contributed by atoms with Crippen LogP contribution in [-0.4, -0.2) is 17.1 Å². The zero-order valence-corrected chi connectivity index (χ0v) is 10.9. The molecule has 2 atom stereocenters. The van der Waals surface area contributed by atoms with Crippen LogP contribution in [0.15, 0.2) is 18.2 Å². The highest BCUT2D eigenvalue weighted by Gasteiger charge is 2.32. The number of rotatable bonds is 4. The van der Waals surface area contributed by atoms with Gasteiger partial charge in [0.2, 0.25) is 0 Å². The predicted octanol–water partition coefficient (Wildman–Crippen LogP) is 3.53. The predicted molar refractivity (Wildman–Crippen MR) is 66.1 cm³/mol. The molecule has 0 radical (unpaired) electrons. The molecule has 1 aromatic rings. The fraction of sp³-hybridized carbons (Fsp3) is 0.462. The molecule has 0 bridgehead atoms. The minimum Gasteiger partial charge on any atom is -0.481 e. The van der Waals surface area contributed by atoms with Gasteiger partial charge in [-0.25, -0.2) is 0 Å². The van der Waals surface area contributed by atoms with Crippen molar-refractivity contribution in [3.8, 4) is 0 Å². The Morgan fingerprint density at radius 2 is 1.89 bits per heavy atom. The first kappa shape index (κ1) is 15.3. The molecule has 0 aliphatic carbocycles. The minimum absolute atomic E-state index is 0.136. The van der Waals surface area contributed by atoms with Crippen molar-refractivity contribution in [1.29, 1.82) is 0 Å². The zero-order valence-electron chi connectivity index (χ0n) is 10.9. The van der Waals surface area contributed by atoms with E-state index in [0.29, 0.717) is 0 Å². The SMILES string of the molecule is Cc1ccc(NC(C)C(C)C(=O)O)cc1C(F)(F)F. The molecule has 0 spiro atoms. The van der Waals surface area contributed by atoms with E-state index >= 15 is 0 Å². The van der Waals surface area contributed by atoms with Crippen molar-refractivity contribution in [2.45, 2.75) is 33.0 Å². The molecule has 1 rings (SSSR count). The largest absolute Gasteiger partial charge is 0.481 e. The molecule has 0 amide bonds. The second-order valence-electron chi connectivity index (χ2n) is 4.59. The molecule has 0 fully saturated rings. The van der Waals surface area contributed by atoms with E-state index in [1.54, 1.807) is 6.92 Å². The van der Waals surface area contributed by atoms with Gasteiger partial charge in [0.25, 0.3) is 0 Å². The van der Waals surface area contributed by atoms with Crippen molar-refractivity contribution >= 4 is 11.7 Å². The van der Waals surface area contributed by atoms with Crippen LogP contribution >= 0.6 is 0 Å². The number of carboxylic acid groups (broad SMARTS) is 1. The molecule has 106 valence electrons. The molecule has 0 heterocycles. The average Bonchev–Trinajstić information content (AvgIpc) is 2.28. The average molecular weight is 275 g/mol. The third-order valence-corrected chi connectivity index (χ3v) is 3.08. The highest BCUT2D eigenvalue weighted by Crippen LogP contribution is 2.33. The highest BCUT2D eigenvalue weighted by molar-refractivity contribution is 5.71. The highest BCUT2D eigenvalue weighted by atomic mass is 19.4. The number of carbonyl (C=O) groups is 1. The maximum Gasteiger partial charge on any atom is 0.416 e. The normalized spacial score (nSPS) is 14.8. The minimum atomic E-state index is -4.41. The van der Waals surface area contributed by atoms with Gasteiger partial charge in [0.05, 0.1) is 11.5 Å². The molecule has 1 aromatic carbocycles. The van der Waals surface area contributed by atoms with Crippen molar-refractivity contribution in [2.24, 2.45) is 5.92 Å². The van der Waals surface area contributed by atoms with Crippen LogP contribution in [0.1, 0.15) is 25.0 Å². The summed E-state index contributed by atoms with van der Waals surface area (Å²) in [5.41, 5.74) is -0.316. The summed E-state index contributed by atoms with van der Waals surface area (Å²) in [5, 5.41) is 11.6. The van der Waals surface area contributed by atoms with E-state index in [0.717, 1.165) is 6.07 Å². The molecule has 0 aliphatic heterocycles. The number of halogens is 3. The van der Waals surface area contributed by atoms with Crippen LogP contribution < -0.4 is 5.32 Å². The van der Waals surface area contributed by atoms with E-state index in [1.165, 1.54) is 26.0 Å². The van der Waals surface area contributed by atoms with Gasteiger partial charge >= 0.3 is 12.1 Å². The first-order valence-electron chi connectivity index (χ1n) is 5.80. The van der Waals surface area contributed by atoms with E-state index in [9.17, 15) is 18.0 Å². The number of carboxylic acids is 1. The Kier molecular flexibility index (Phi) is 4.44. The lowest BCUT2D eigenvalue weighted by Crippen LogP contribution is -2.29. The number of nitrogens with one attached hydrogen (secondary N) is 1. The van der Waals surface area contributed by atoms with Crippen molar-refractivity contribution in [3.63, 3.8) is 0 Å². The van der Waals surface area contributed by atoms with Crippen molar-refractivity contribution in [1.82, 2.24) is 0 Å². The van der Waals surface area contributed by atoms with Gasteiger partial charge in [-0.05, 0) is 38.5 Å². The summed E-state index contributed by atoms with van der Waals surface area (Å²) in [7, 11) is 0. The molecule has 6 heteroatoms. The molecule has 0 saturated heterocycles. The van der Waals surface area contributed by atoms with Gasteiger partial charge in [0, 0.05) is 11.7 Å². The maximum atomic E-state index is 12.7. The summed E-state index contributed by atoms with van der Waals surface area (Å²) in [4.78, 5) is 10.8. The summed E-state index contributed by atoms with van der Waals surface area (Å²) < 4.78 is 38.2. The Bertz CT molecular complexity index is 471. The Morgan fingerprint density at radius 1 is 1.32 bits per heavy atom. The Hall–Kier alpha value is -1.72. The standard InChI is InChI=1S/C13H16F3NO2/c1-7-4-5-10(6-11(7)13(14,15)16)17-9(3)8(2)12(18)19/h4-6,8-9,17H,1-3H3,(H,18,19). The van der Waals surface area contributed by atoms with Crippen molar-refractivity contribution < 1.29 is 23.1 Å². The molecular weight excluding hydrogens is 259 g/mol. The second-order valence-corrected chi connectivity index (χ2v) is 4.59. The molecular formula is C13H16F3NO2. The van der Waals surface area contributed by atoms with Gasteiger partial charge < -0.3 is 10.4 Å². The summed E-state index contributed by atoms with van der Waals surface area (Å²) in [5.74, 6) is -1.70. The van der Waals surface area contributed by atoms with Gasteiger partial charge in [0.15, 0.2) is 0 Å². The number of alkyl halides is 3. The quantitative estimate of drug-likeness (QED) is 0.883. The van der Waals surface area contributed by atoms with Crippen molar-refractivity contribution in [2.75, 3.05) is 5.32 Å². The lowest BCUT2D eigenvalue weighted by Gasteiger charge is -2.20. The smallest absolute Gasteiger partial charge is 0.416 e. The molecule has 0 aliphatic rings. The van der Waals surface area contributed by atoms with E-state index in [-0.39, 0.29) is 11.3 Å². The maximum absolute atomic E-state index is 12.7. The molecule has 2 N–H and O–H groups in total. The fourth-order valence-corrected chi connectivity index (χ4v) is 1.62. The van der Waals surface area contributed by atoms with Crippen LogP contribution in [0, 0.1) is 12.8 Å². The summed E-state index contributed by atoms with van der Waals surface area (Å²) in [6, 6.07) is 3.40. The van der Waals surface area contributed by atoms with E-state index in [2.05, 4.69) is 5.32 Å². The number of aryl methyl sites for hydroxylation is 1. The van der Waals surface area contributed by atoms with Crippen LogP contribution in [0.3, 0.4) is 0 Å². The first-order valence-corrected chi connectivity index (χ1v) is 5.80. The molecule has 0 saturated carbocycles. The molecule has 2 unspecified atom stereocenters.